The van der Waals surface area contributed by atoms with E-state index in [1.807, 2.05) is 103 Å². The molecule has 4 atom stereocenters. The number of carbonyl (C=O) groups excluding carboxylic acids is 4. The summed E-state index contributed by atoms with van der Waals surface area (Å²) in [5, 5.41) is 25.7. The van der Waals surface area contributed by atoms with Crippen LogP contribution in [0, 0.1) is 11.8 Å². The lowest BCUT2D eigenvalue weighted by molar-refractivity contribution is -0.147. The molecular weight excluding hydrogens is 925 g/mol. The molecule has 0 saturated carbocycles. The summed E-state index contributed by atoms with van der Waals surface area (Å²) in [5.41, 5.74) is 9.71. The highest BCUT2D eigenvalue weighted by Gasteiger charge is 2.34. The SMILES string of the molecule is O=C(CC(CSSCC(NC(=O)OCC1c2ccccc2-c2ccccc21)C(=O)CC(Cc1ccccc1)C(=O)O)C(=O)NC(Cc1ccccc1)C(=O)O)OCC1c2ccccc2-c2ccccc21. The summed E-state index contributed by atoms with van der Waals surface area (Å²) < 4.78 is 11.7. The van der Waals surface area contributed by atoms with Gasteiger partial charge >= 0.3 is 24.0 Å². The van der Waals surface area contributed by atoms with Gasteiger partial charge in [0, 0.05) is 36.2 Å². The monoisotopic (exact) mass is 976 g/mol. The lowest BCUT2D eigenvalue weighted by atomic mass is 9.92. The van der Waals surface area contributed by atoms with Crippen LogP contribution in [0.3, 0.4) is 0 Å². The average molecular weight is 977 g/mol. The number of hydrogen-bond acceptors (Lipinski definition) is 10. The molecule has 0 aliphatic heterocycles. The maximum atomic E-state index is 14.1. The van der Waals surface area contributed by atoms with Crippen LogP contribution in [0.1, 0.15) is 58.1 Å². The summed E-state index contributed by atoms with van der Waals surface area (Å²) in [6.45, 7) is 0.0183. The van der Waals surface area contributed by atoms with Crippen molar-refractivity contribution in [2.45, 2.75) is 49.6 Å². The van der Waals surface area contributed by atoms with Crippen molar-refractivity contribution >= 4 is 57.3 Å². The van der Waals surface area contributed by atoms with Gasteiger partial charge in [-0.1, -0.05) is 179 Å². The summed E-state index contributed by atoms with van der Waals surface area (Å²) in [7, 11) is 2.30. The molecule has 14 heteroatoms. The minimum absolute atomic E-state index is 0.00398. The molecule has 0 aromatic heterocycles. The molecule has 4 N–H and O–H groups in total. The molecule has 70 heavy (non-hydrogen) atoms. The summed E-state index contributed by atoms with van der Waals surface area (Å²) >= 11 is 0. The minimum Gasteiger partial charge on any atom is -0.481 e. The topological polar surface area (TPSA) is 185 Å². The molecule has 2 aliphatic rings. The number of carbonyl (C=O) groups is 6. The van der Waals surface area contributed by atoms with Gasteiger partial charge in [0.25, 0.3) is 0 Å². The van der Waals surface area contributed by atoms with Gasteiger partial charge < -0.3 is 30.3 Å². The van der Waals surface area contributed by atoms with Gasteiger partial charge in [0.2, 0.25) is 5.91 Å². The Kier molecular flexibility index (Phi) is 16.5. The summed E-state index contributed by atoms with van der Waals surface area (Å²) in [6, 6.07) is 47.0. The third kappa shape index (κ3) is 12.2. The van der Waals surface area contributed by atoms with Crippen LogP contribution in [0.25, 0.3) is 22.3 Å². The number of alkyl carbamates (subject to hydrolysis) is 1. The van der Waals surface area contributed by atoms with Crippen molar-refractivity contribution in [2.75, 3.05) is 24.7 Å². The molecule has 0 spiro atoms. The Bertz CT molecular complexity index is 2560. The number of ketones is 1. The molecule has 6 aromatic carbocycles. The van der Waals surface area contributed by atoms with E-state index in [4.69, 9.17) is 9.47 Å². The number of benzene rings is 6. The van der Waals surface area contributed by atoms with Crippen molar-refractivity contribution in [1.29, 1.82) is 0 Å². The fraction of sp³-hybridized carbons (Fsp3) is 0.250. The maximum absolute atomic E-state index is 14.1. The quantitative estimate of drug-likeness (QED) is 0.0271. The van der Waals surface area contributed by atoms with Gasteiger partial charge in [0.15, 0.2) is 5.78 Å². The Morgan fingerprint density at radius 2 is 0.914 bits per heavy atom. The average Bonchev–Trinajstić information content (AvgIpc) is 3.87. The van der Waals surface area contributed by atoms with E-state index in [2.05, 4.69) is 10.6 Å². The lowest BCUT2D eigenvalue weighted by Crippen LogP contribution is -2.46. The van der Waals surface area contributed by atoms with Crippen LogP contribution >= 0.6 is 21.6 Å². The van der Waals surface area contributed by atoms with Crippen molar-refractivity contribution in [3.05, 3.63) is 191 Å². The first-order chi connectivity index (χ1) is 34.0. The molecule has 0 heterocycles. The Balaban J connectivity index is 0.954. The summed E-state index contributed by atoms with van der Waals surface area (Å²) in [6.07, 6.45) is -1.50. The van der Waals surface area contributed by atoms with E-state index in [-0.39, 0.29) is 62.2 Å². The van der Waals surface area contributed by atoms with Gasteiger partial charge in [-0.05, 0) is 62.1 Å². The van der Waals surface area contributed by atoms with E-state index in [1.165, 1.54) is 0 Å². The number of nitrogens with one attached hydrogen (secondary N) is 2. The fourth-order valence-electron chi connectivity index (χ4n) is 9.22. The number of carboxylic acid groups (broad SMARTS) is 2. The second-order valence-electron chi connectivity index (χ2n) is 17.4. The van der Waals surface area contributed by atoms with E-state index < -0.39 is 59.6 Å². The van der Waals surface area contributed by atoms with Gasteiger partial charge in [-0.3, -0.25) is 19.2 Å². The number of esters is 1. The number of carboxylic acids is 2. The molecule has 4 unspecified atom stereocenters. The van der Waals surface area contributed by atoms with Gasteiger partial charge in [0.05, 0.1) is 18.3 Å². The highest BCUT2D eigenvalue weighted by Crippen LogP contribution is 2.46. The molecule has 6 aromatic rings. The van der Waals surface area contributed by atoms with Crippen molar-refractivity contribution < 1.29 is 48.5 Å². The highest BCUT2D eigenvalue weighted by molar-refractivity contribution is 8.76. The summed E-state index contributed by atoms with van der Waals surface area (Å²) in [5.74, 6) is -6.89. The predicted octanol–water partition coefficient (Wildman–Crippen LogP) is 9.35. The zero-order valence-electron chi connectivity index (χ0n) is 38.1. The molecule has 12 nitrogen and oxygen atoms in total. The number of ether oxygens (including phenoxy) is 2. The Morgan fingerprint density at radius 3 is 1.40 bits per heavy atom. The number of rotatable bonds is 23. The number of amides is 2. The van der Waals surface area contributed by atoms with E-state index in [0.717, 1.165) is 71.7 Å². The zero-order valence-corrected chi connectivity index (χ0v) is 39.7. The third-order valence-corrected chi connectivity index (χ3v) is 15.3. The fourth-order valence-corrected chi connectivity index (χ4v) is 11.7. The largest absolute Gasteiger partial charge is 0.481 e. The Morgan fingerprint density at radius 1 is 0.471 bits per heavy atom. The van der Waals surface area contributed by atoms with Crippen LogP contribution in [-0.4, -0.2) is 82.7 Å². The predicted molar refractivity (Wildman–Crippen MR) is 270 cm³/mol. The standard InChI is InChI=1S/C56H52N2O10S2/c59-51(29-37(54(62)63)27-35-15-3-1-4-16-35)50(58-56(66)68-32-48-45-25-13-9-21-41(45)42-22-10-14-26-46(42)48)34-70-69-33-38(53(61)57-49(55(64)65)28-36-17-5-2-6-18-36)30-52(60)67-31-47-43-23-11-7-19-39(43)40-20-8-12-24-44(40)47/h1-26,37-38,47-50H,27-34H2,(H,57,61)(H,58,66)(H,62,63)(H,64,65). The normalized spacial score (nSPS) is 14.1. The number of Topliss-reactive ketones (excluding diaryl/α,β-unsaturated/α-hetero) is 1. The van der Waals surface area contributed by atoms with Gasteiger partial charge in [-0.2, -0.15) is 0 Å². The van der Waals surface area contributed by atoms with Gasteiger partial charge in [-0.15, -0.1) is 0 Å². The van der Waals surface area contributed by atoms with Crippen molar-refractivity contribution in [2.24, 2.45) is 11.8 Å². The molecule has 2 aliphatic carbocycles. The molecule has 0 saturated heterocycles. The first kappa shape index (κ1) is 49.3. The summed E-state index contributed by atoms with van der Waals surface area (Å²) in [4.78, 5) is 80.4. The molecular formula is C56H52N2O10S2. The molecule has 0 bridgehead atoms. The lowest BCUT2D eigenvalue weighted by Gasteiger charge is -2.22. The minimum atomic E-state index is -1.29. The smallest absolute Gasteiger partial charge is 0.407 e. The first-order valence-electron chi connectivity index (χ1n) is 23.1. The van der Waals surface area contributed by atoms with E-state index in [1.54, 1.807) is 54.6 Å². The first-order valence-corrected chi connectivity index (χ1v) is 25.6. The van der Waals surface area contributed by atoms with Crippen molar-refractivity contribution in [3.63, 3.8) is 0 Å². The van der Waals surface area contributed by atoms with Crippen molar-refractivity contribution in [1.82, 2.24) is 10.6 Å². The van der Waals surface area contributed by atoms with E-state index >= 15 is 0 Å². The van der Waals surface area contributed by atoms with Crippen LogP contribution in [0.5, 0.6) is 0 Å². The maximum Gasteiger partial charge on any atom is 0.407 e. The number of aliphatic carboxylic acids is 2. The van der Waals surface area contributed by atoms with Crippen LogP contribution in [-0.2, 0) is 46.3 Å². The molecule has 8 rings (SSSR count). The molecule has 0 fully saturated rings. The number of fused-ring (bicyclic) bond motifs is 6. The number of hydrogen-bond donors (Lipinski definition) is 4. The Hall–Kier alpha value is -7.16. The van der Waals surface area contributed by atoms with E-state index in [9.17, 15) is 39.0 Å². The molecule has 358 valence electrons. The van der Waals surface area contributed by atoms with Crippen molar-refractivity contribution in [3.8, 4) is 22.3 Å². The zero-order chi connectivity index (χ0) is 49.0. The highest BCUT2D eigenvalue weighted by atomic mass is 33.1. The second kappa shape index (κ2) is 23.4. The third-order valence-electron chi connectivity index (χ3n) is 12.8. The Labute approximate surface area is 414 Å². The van der Waals surface area contributed by atoms with Crippen LogP contribution in [0.4, 0.5) is 4.79 Å². The van der Waals surface area contributed by atoms with Gasteiger partial charge in [0.1, 0.15) is 25.3 Å². The van der Waals surface area contributed by atoms with Crippen LogP contribution < -0.4 is 10.6 Å². The molecule has 2 amide bonds. The molecule has 0 radical (unpaired) electrons. The van der Waals surface area contributed by atoms with Crippen LogP contribution in [0.2, 0.25) is 0 Å². The van der Waals surface area contributed by atoms with Gasteiger partial charge in [-0.25, -0.2) is 9.59 Å². The van der Waals surface area contributed by atoms with E-state index in [0.29, 0.717) is 5.56 Å². The van der Waals surface area contributed by atoms with Crippen LogP contribution in [0.15, 0.2) is 158 Å². The second-order valence-corrected chi connectivity index (χ2v) is 19.9.